The number of fused-ring (bicyclic) bond motifs is 2. The molecule has 43 heavy (non-hydrogen) atoms. The molecule has 0 radical (unpaired) electrons. The number of unbranched alkanes of at least 4 members (excludes halogenated alkanes) is 1. The number of aryl methyl sites for hydroxylation is 2. The Morgan fingerprint density at radius 1 is 1.05 bits per heavy atom. The van der Waals surface area contributed by atoms with Gasteiger partial charge in [0.1, 0.15) is 19.0 Å². The minimum atomic E-state index is -0.978. The molecule has 3 heterocycles. The molecule has 2 aliphatic heterocycles. The van der Waals surface area contributed by atoms with Crippen molar-refractivity contribution >= 4 is 44.1 Å². The average molecular weight is 601 g/mol. The molecule has 0 aliphatic carbocycles. The maximum absolute atomic E-state index is 13.8. The number of methoxy groups -OCH3 is 1. The molecule has 0 saturated carbocycles. The summed E-state index contributed by atoms with van der Waals surface area (Å²) in [6.07, 6.45) is 1.87. The van der Waals surface area contributed by atoms with Crippen molar-refractivity contribution in [2.45, 2.75) is 39.7 Å². The Kier molecular flexibility index (Phi) is 7.70. The first-order valence-electron chi connectivity index (χ1n) is 14.2. The van der Waals surface area contributed by atoms with Gasteiger partial charge in [-0.2, -0.15) is 0 Å². The molecule has 9 nitrogen and oxygen atoms in total. The molecule has 1 fully saturated rings. The number of nitrogens with zero attached hydrogens (tertiary/aromatic N) is 2. The number of hydrogen-bond donors (Lipinski definition) is 1. The van der Waals surface area contributed by atoms with E-state index >= 15 is 0 Å². The second-order valence-electron chi connectivity index (χ2n) is 10.6. The van der Waals surface area contributed by atoms with Crippen LogP contribution in [0, 0.1) is 13.8 Å². The lowest BCUT2D eigenvalue weighted by Gasteiger charge is -2.24. The van der Waals surface area contributed by atoms with Gasteiger partial charge in [0.2, 0.25) is 0 Å². The van der Waals surface area contributed by atoms with Crippen LogP contribution in [-0.2, 0) is 9.59 Å². The van der Waals surface area contributed by atoms with E-state index in [4.69, 9.17) is 23.9 Å². The molecule has 222 valence electrons. The van der Waals surface area contributed by atoms with Crippen LogP contribution in [0.1, 0.15) is 48.1 Å². The second-order valence-corrected chi connectivity index (χ2v) is 11.6. The minimum Gasteiger partial charge on any atom is -0.507 e. The van der Waals surface area contributed by atoms with Crippen molar-refractivity contribution in [3.05, 3.63) is 76.4 Å². The number of amides is 1. The highest BCUT2D eigenvalue weighted by Crippen LogP contribution is 2.47. The van der Waals surface area contributed by atoms with Crippen molar-refractivity contribution in [3.63, 3.8) is 0 Å². The van der Waals surface area contributed by atoms with Crippen molar-refractivity contribution in [1.82, 2.24) is 4.98 Å². The summed E-state index contributed by atoms with van der Waals surface area (Å²) in [5.41, 5.74) is 3.63. The Hall–Kier alpha value is -4.57. The summed E-state index contributed by atoms with van der Waals surface area (Å²) in [7, 11) is 1.54. The fourth-order valence-corrected chi connectivity index (χ4v) is 6.62. The highest BCUT2D eigenvalue weighted by molar-refractivity contribution is 7.22. The topological polar surface area (TPSA) is 107 Å². The summed E-state index contributed by atoms with van der Waals surface area (Å²) in [5.74, 6) is 0.0882. The molecule has 2 aliphatic rings. The summed E-state index contributed by atoms with van der Waals surface area (Å²) < 4.78 is 23.8. The fraction of sp³-hybridized carbons (Fsp3) is 0.303. The summed E-state index contributed by atoms with van der Waals surface area (Å²) in [5, 5.41) is 12.0. The van der Waals surface area contributed by atoms with Crippen LogP contribution in [0.4, 0.5) is 5.13 Å². The average Bonchev–Trinajstić information content (AvgIpc) is 3.55. The van der Waals surface area contributed by atoms with Gasteiger partial charge >= 0.3 is 5.91 Å². The van der Waals surface area contributed by atoms with Gasteiger partial charge in [0.25, 0.3) is 5.78 Å². The van der Waals surface area contributed by atoms with Gasteiger partial charge in [0, 0.05) is 5.56 Å². The Morgan fingerprint density at radius 3 is 2.60 bits per heavy atom. The van der Waals surface area contributed by atoms with Crippen LogP contribution in [0.25, 0.3) is 16.0 Å². The Labute approximate surface area is 253 Å². The third-order valence-corrected chi connectivity index (χ3v) is 8.55. The zero-order chi connectivity index (χ0) is 30.2. The minimum absolute atomic E-state index is 0.0597. The molecule has 1 aromatic heterocycles. The number of carbonyl (C=O) groups excluding carboxylic acids is 2. The van der Waals surface area contributed by atoms with E-state index < -0.39 is 17.7 Å². The Morgan fingerprint density at radius 2 is 1.84 bits per heavy atom. The molecular formula is C33H32N2O7S. The molecule has 4 aromatic rings. The zero-order valence-electron chi connectivity index (χ0n) is 24.4. The van der Waals surface area contributed by atoms with Crippen LogP contribution in [0.5, 0.6) is 23.0 Å². The van der Waals surface area contributed by atoms with E-state index in [2.05, 4.69) is 6.92 Å². The maximum atomic E-state index is 13.8. The SMILES string of the molecule is CCCCOc1ccc(C2C(=C(O)c3ccc4c(c3)OCCO4)C(=O)C(=O)N2c2nc3c(C)cc(C)cc3s2)cc1OC. The number of ether oxygens (including phenoxy) is 4. The maximum Gasteiger partial charge on any atom is 0.301 e. The number of thiazole rings is 1. The highest BCUT2D eigenvalue weighted by atomic mass is 32.1. The van der Waals surface area contributed by atoms with Gasteiger partial charge < -0.3 is 24.1 Å². The molecule has 1 saturated heterocycles. The van der Waals surface area contributed by atoms with Gasteiger partial charge in [-0.15, -0.1) is 0 Å². The van der Waals surface area contributed by atoms with Gasteiger partial charge in [0.05, 0.1) is 35.5 Å². The smallest absolute Gasteiger partial charge is 0.301 e. The summed E-state index contributed by atoms with van der Waals surface area (Å²) in [4.78, 5) is 33.7. The number of aromatic nitrogens is 1. The molecule has 1 unspecified atom stereocenters. The van der Waals surface area contributed by atoms with E-state index in [1.54, 1.807) is 36.4 Å². The normalized spacial score (nSPS) is 17.5. The van der Waals surface area contributed by atoms with Crippen molar-refractivity contribution in [2.24, 2.45) is 0 Å². The predicted molar refractivity (Wildman–Crippen MR) is 165 cm³/mol. The molecule has 3 aromatic carbocycles. The largest absolute Gasteiger partial charge is 0.507 e. The van der Waals surface area contributed by atoms with Crippen LogP contribution in [0.15, 0.2) is 54.1 Å². The second kappa shape index (κ2) is 11.6. The van der Waals surface area contributed by atoms with E-state index in [0.29, 0.717) is 59.1 Å². The number of ketones is 1. The third kappa shape index (κ3) is 5.16. The lowest BCUT2D eigenvalue weighted by Crippen LogP contribution is -2.29. The van der Waals surface area contributed by atoms with Crippen molar-refractivity contribution < 1.29 is 33.6 Å². The van der Waals surface area contributed by atoms with Crippen molar-refractivity contribution in [3.8, 4) is 23.0 Å². The molecule has 1 N–H and O–H groups in total. The molecular weight excluding hydrogens is 568 g/mol. The van der Waals surface area contributed by atoms with E-state index in [0.717, 1.165) is 34.2 Å². The highest BCUT2D eigenvalue weighted by Gasteiger charge is 2.48. The number of Topliss-reactive ketones (excluding diaryl/α,β-unsaturated/α-hetero) is 1. The Balaban J connectivity index is 1.52. The van der Waals surface area contributed by atoms with Crippen LogP contribution < -0.4 is 23.8 Å². The number of benzene rings is 3. The van der Waals surface area contributed by atoms with E-state index in [1.807, 2.05) is 26.0 Å². The van der Waals surface area contributed by atoms with Crippen LogP contribution >= 0.6 is 11.3 Å². The molecule has 0 bridgehead atoms. The van der Waals surface area contributed by atoms with E-state index in [9.17, 15) is 14.7 Å². The number of carbonyl (C=O) groups is 2. The molecule has 1 amide bonds. The van der Waals surface area contributed by atoms with Crippen LogP contribution in [0.3, 0.4) is 0 Å². The van der Waals surface area contributed by atoms with Crippen LogP contribution in [0.2, 0.25) is 0 Å². The summed E-state index contributed by atoms with van der Waals surface area (Å²) >= 11 is 1.33. The number of aliphatic hydroxyl groups excluding tert-OH is 1. The van der Waals surface area contributed by atoms with Crippen LogP contribution in [-0.4, -0.2) is 48.7 Å². The quantitative estimate of drug-likeness (QED) is 0.106. The first-order chi connectivity index (χ1) is 20.8. The summed E-state index contributed by atoms with van der Waals surface area (Å²) in [6.45, 7) is 7.37. The number of anilines is 1. The van der Waals surface area contributed by atoms with Gasteiger partial charge in [-0.3, -0.25) is 14.5 Å². The first kappa shape index (κ1) is 28.5. The van der Waals surface area contributed by atoms with Gasteiger partial charge in [-0.05, 0) is 73.4 Å². The third-order valence-electron chi connectivity index (χ3n) is 7.54. The van der Waals surface area contributed by atoms with Crippen molar-refractivity contribution in [1.29, 1.82) is 0 Å². The molecule has 6 rings (SSSR count). The number of rotatable bonds is 8. The fourth-order valence-electron chi connectivity index (χ4n) is 5.45. The lowest BCUT2D eigenvalue weighted by atomic mass is 9.95. The molecule has 1 atom stereocenters. The Bertz CT molecular complexity index is 1780. The first-order valence-corrected chi connectivity index (χ1v) is 15.0. The van der Waals surface area contributed by atoms with Gasteiger partial charge in [0.15, 0.2) is 28.1 Å². The number of hydrogen-bond acceptors (Lipinski definition) is 9. The monoisotopic (exact) mass is 600 g/mol. The van der Waals surface area contributed by atoms with E-state index in [-0.39, 0.29) is 11.3 Å². The zero-order valence-corrected chi connectivity index (χ0v) is 25.2. The lowest BCUT2D eigenvalue weighted by molar-refractivity contribution is -0.132. The summed E-state index contributed by atoms with van der Waals surface area (Å²) in [6, 6.07) is 13.3. The van der Waals surface area contributed by atoms with Gasteiger partial charge in [-0.25, -0.2) is 4.98 Å². The van der Waals surface area contributed by atoms with Crippen molar-refractivity contribution in [2.75, 3.05) is 31.8 Å². The number of aliphatic hydroxyl groups is 1. The molecule has 10 heteroatoms. The van der Waals surface area contributed by atoms with E-state index in [1.165, 1.54) is 23.3 Å². The predicted octanol–water partition coefficient (Wildman–Crippen LogP) is 6.50. The standard InChI is InChI=1S/C33H32N2O7S/c1-5-6-11-40-22-9-7-20(16-24(22)39-4)29-27(30(36)21-8-10-23-25(17-21)42-13-12-41-23)31(37)32(38)35(29)33-34-28-19(3)14-18(2)15-26(28)43-33/h7-10,14-17,29,36H,5-6,11-13H2,1-4H3. The van der Waals surface area contributed by atoms with Gasteiger partial charge in [-0.1, -0.05) is 36.8 Å². The molecule has 0 spiro atoms.